The molecule has 9 heteroatoms. The van der Waals surface area contributed by atoms with E-state index in [4.69, 9.17) is 5.73 Å². The van der Waals surface area contributed by atoms with Gasteiger partial charge in [0, 0.05) is 57.9 Å². The van der Waals surface area contributed by atoms with Crippen LogP contribution in [0.15, 0.2) is 77.6 Å². The summed E-state index contributed by atoms with van der Waals surface area (Å²) in [6.07, 6.45) is 4.97. The molecule has 0 radical (unpaired) electrons. The Morgan fingerprint density at radius 2 is 2.00 bits per heavy atom. The van der Waals surface area contributed by atoms with Crippen molar-refractivity contribution in [1.29, 1.82) is 0 Å². The van der Waals surface area contributed by atoms with Gasteiger partial charge in [0.05, 0.1) is 5.69 Å². The summed E-state index contributed by atoms with van der Waals surface area (Å²) in [4.78, 5) is 32.9. The molecule has 1 amide bonds. The normalized spacial score (nSPS) is 14.3. The van der Waals surface area contributed by atoms with Crippen molar-refractivity contribution < 1.29 is 4.79 Å². The molecule has 0 unspecified atom stereocenters. The number of benzene rings is 2. The quantitative estimate of drug-likeness (QED) is 0.434. The van der Waals surface area contributed by atoms with Gasteiger partial charge in [-0.2, -0.15) is 4.98 Å². The van der Waals surface area contributed by atoms with E-state index in [1.165, 1.54) is 5.56 Å². The molecule has 0 saturated carbocycles. The van der Waals surface area contributed by atoms with Gasteiger partial charge in [-0.3, -0.25) is 14.7 Å². The van der Waals surface area contributed by atoms with Crippen LogP contribution in [-0.4, -0.2) is 67.3 Å². The molecule has 4 rings (SSSR count). The molecule has 0 aliphatic carbocycles. The predicted molar refractivity (Wildman–Crippen MR) is 151 cm³/mol. The van der Waals surface area contributed by atoms with Gasteiger partial charge in [-0.05, 0) is 49.5 Å². The third kappa shape index (κ3) is 6.50. The highest BCUT2D eigenvalue weighted by Crippen LogP contribution is 2.28. The first-order valence-electron chi connectivity index (χ1n) is 12.4. The number of nitrogens with zero attached hydrogens (tertiary/aromatic N) is 6. The third-order valence-electron chi connectivity index (χ3n) is 6.08. The lowest BCUT2D eigenvalue weighted by Crippen LogP contribution is -2.33. The van der Waals surface area contributed by atoms with Crippen molar-refractivity contribution in [3.05, 3.63) is 83.7 Å². The van der Waals surface area contributed by atoms with Crippen LogP contribution in [0.2, 0.25) is 0 Å². The number of amides is 1. The fraction of sp³-hybridized carbons (Fsp3) is 0.286. The summed E-state index contributed by atoms with van der Waals surface area (Å²) in [6, 6.07) is 18.0. The summed E-state index contributed by atoms with van der Waals surface area (Å²) in [6.45, 7) is 5.33. The highest BCUT2D eigenvalue weighted by atomic mass is 16.2. The minimum absolute atomic E-state index is 0.131. The molecule has 3 aromatic rings. The number of hydrogen-bond donors (Lipinski definition) is 2. The maximum Gasteiger partial charge on any atom is 0.263 e. The van der Waals surface area contributed by atoms with Crippen molar-refractivity contribution in [3.63, 3.8) is 0 Å². The zero-order valence-corrected chi connectivity index (χ0v) is 21.6. The second kappa shape index (κ2) is 12.1. The predicted octanol–water partition coefficient (Wildman–Crippen LogP) is 3.68. The van der Waals surface area contributed by atoms with E-state index in [0.717, 1.165) is 23.5 Å². The summed E-state index contributed by atoms with van der Waals surface area (Å²) in [5.41, 5.74) is 10.0. The number of anilines is 3. The minimum atomic E-state index is -0.131. The summed E-state index contributed by atoms with van der Waals surface area (Å²) in [5.74, 6) is 1.02. The number of carbonyl (C=O) groups is 1. The standard InChI is InChI=1S/C28H34N8O/c1-4-30-28-32-18-25-26(33-28)35(3)13-14-36(27(25)37)24-12-8-11-23(15-24)31-17-22(16-29)20-34(2)19-21-9-6-5-7-10-21/h5-12,15-18H,4,13-14,19-20,29H2,1-3H3,(H,30,32,33). The van der Waals surface area contributed by atoms with Gasteiger partial charge >= 0.3 is 0 Å². The number of nitrogens with two attached hydrogens (primary N) is 1. The molecule has 2 heterocycles. The van der Waals surface area contributed by atoms with Crippen molar-refractivity contribution in [2.75, 3.05) is 55.4 Å². The largest absolute Gasteiger partial charge is 0.404 e. The average Bonchev–Trinajstić information content (AvgIpc) is 3.03. The average molecular weight is 499 g/mol. The van der Waals surface area contributed by atoms with Gasteiger partial charge in [0.2, 0.25) is 5.95 Å². The van der Waals surface area contributed by atoms with Crippen LogP contribution in [-0.2, 0) is 6.54 Å². The lowest BCUT2D eigenvalue weighted by molar-refractivity contribution is 0.0989. The van der Waals surface area contributed by atoms with Crippen LogP contribution < -0.4 is 20.9 Å². The van der Waals surface area contributed by atoms with Crippen LogP contribution >= 0.6 is 0 Å². The summed E-state index contributed by atoms with van der Waals surface area (Å²) in [7, 11) is 3.99. The van der Waals surface area contributed by atoms with Gasteiger partial charge in [-0.1, -0.05) is 36.4 Å². The van der Waals surface area contributed by atoms with E-state index in [2.05, 4.69) is 44.4 Å². The minimum Gasteiger partial charge on any atom is -0.404 e. The number of nitrogens with one attached hydrogen (secondary N) is 1. The third-order valence-corrected chi connectivity index (χ3v) is 6.08. The fourth-order valence-electron chi connectivity index (χ4n) is 4.21. The maximum absolute atomic E-state index is 13.5. The molecule has 0 atom stereocenters. The molecule has 0 fully saturated rings. The molecule has 9 nitrogen and oxygen atoms in total. The molecular weight excluding hydrogens is 464 g/mol. The lowest BCUT2D eigenvalue weighted by atomic mass is 10.2. The molecule has 0 spiro atoms. The summed E-state index contributed by atoms with van der Waals surface area (Å²) < 4.78 is 0. The first-order chi connectivity index (χ1) is 18.0. The van der Waals surface area contributed by atoms with Gasteiger partial charge < -0.3 is 20.9 Å². The zero-order chi connectivity index (χ0) is 26.2. The van der Waals surface area contributed by atoms with E-state index in [-0.39, 0.29) is 5.91 Å². The second-order valence-corrected chi connectivity index (χ2v) is 9.02. The van der Waals surface area contributed by atoms with Crippen molar-refractivity contribution in [3.8, 4) is 0 Å². The molecule has 1 aliphatic rings. The molecule has 1 aliphatic heterocycles. The van der Waals surface area contributed by atoms with Gasteiger partial charge in [-0.25, -0.2) is 4.98 Å². The number of hydrogen-bond acceptors (Lipinski definition) is 8. The van der Waals surface area contributed by atoms with E-state index >= 15 is 0 Å². The number of fused-ring (bicyclic) bond motifs is 1. The van der Waals surface area contributed by atoms with Crippen molar-refractivity contribution >= 4 is 35.3 Å². The van der Waals surface area contributed by atoms with E-state index in [9.17, 15) is 4.79 Å². The van der Waals surface area contributed by atoms with Gasteiger partial charge in [-0.15, -0.1) is 0 Å². The molecular formula is C28H34N8O. The second-order valence-electron chi connectivity index (χ2n) is 9.02. The Balaban J connectivity index is 1.48. The Hall–Kier alpha value is -4.24. The SMILES string of the molecule is CCNc1ncc2c(n1)N(C)CCN(c1cccc(N=CC(=CN)CN(C)Cc3ccccc3)c1)C2=O. The van der Waals surface area contributed by atoms with Gasteiger partial charge in [0.15, 0.2) is 0 Å². The number of carbonyl (C=O) groups excluding carboxylic acids is 1. The van der Waals surface area contributed by atoms with Crippen LogP contribution in [0.3, 0.4) is 0 Å². The Kier molecular flexibility index (Phi) is 8.48. The lowest BCUT2D eigenvalue weighted by Gasteiger charge is -2.21. The van der Waals surface area contributed by atoms with Crippen LogP contribution in [0.4, 0.5) is 23.1 Å². The molecule has 0 bridgehead atoms. The van der Waals surface area contributed by atoms with E-state index in [0.29, 0.717) is 43.5 Å². The number of rotatable bonds is 9. The smallest absolute Gasteiger partial charge is 0.263 e. The number of aromatic nitrogens is 2. The Labute approximate surface area is 218 Å². The van der Waals surface area contributed by atoms with Crippen molar-refractivity contribution in [2.24, 2.45) is 10.7 Å². The molecule has 3 N–H and O–H groups in total. The first kappa shape index (κ1) is 25.8. The highest BCUT2D eigenvalue weighted by molar-refractivity contribution is 6.10. The van der Waals surface area contributed by atoms with Crippen LogP contribution in [0.1, 0.15) is 22.8 Å². The van der Waals surface area contributed by atoms with Crippen molar-refractivity contribution in [1.82, 2.24) is 14.9 Å². The van der Waals surface area contributed by atoms with Crippen LogP contribution in [0.25, 0.3) is 0 Å². The Morgan fingerprint density at radius 3 is 2.76 bits per heavy atom. The Bertz CT molecular complexity index is 1270. The maximum atomic E-state index is 13.5. The monoisotopic (exact) mass is 498 g/mol. The number of aliphatic imine (C=N–C) groups is 1. The molecule has 192 valence electrons. The van der Waals surface area contributed by atoms with E-state index in [1.54, 1.807) is 23.5 Å². The van der Waals surface area contributed by atoms with Gasteiger partial charge in [0.25, 0.3) is 5.91 Å². The molecule has 0 saturated heterocycles. The summed E-state index contributed by atoms with van der Waals surface area (Å²) >= 11 is 0. The molecule has 37 heavy (non-hydrogen) atoms. The van der Waals surface area contributed by atoms with E-state index < -0.39 is 0 Å². The zero-order valence-electron chi connectivity index (χ0n) is 21.6. The first-order valence-corrected chi connectivity index (χ1v) is 12.4. The molecule has 2 aromatic carbocycles. The van der Waals surface area contributed by atoms with Crippen molar-refractivity contribution in [2.45, 2.75) is 13.5 Å². The topological polar surface area (TPSA) is 103 Å². The summed E-state index contributed by atoms with van der Waals surface area (Å²) in [5, 5.41) is 3.11. The fourth-order valence-corrected chi connectivity index (χ4v) is 4.21. The van der Waals surface area contributed by atoms with E-state index in [1.807, 2.05) is 61.3 Å². The Morgan fingerprint density at radius 1 is 1.19 bits per heavy atom. The van der Waals surface area contributed by atoms with Gasteiger partial charge in [0.1, 0.15) is 11.4 Å². The molecule has 1 aromatic heterocycles. The van der Waals surface area contributed by atoms with Crippen LogP contribution in [0.5, 0.6) is 0 Å². The van der Waals surface area contributed by atoms with Crippen LogP contribution in [0, 0.1) is 0 Å². The highest BCUT2D eigenvalue weighted by Gasteiger charge is 2.28. The number of likely N-dealkylation sites (N-methyl/N-ethyl adjacent to an activating group) is 2.